The molecule has 6 rings (SSSR count). The summed E-state index contributed by atoms with van der Waals surface area (Å²) in [4.78, 5) is 68.9. The highest BCUT2D eigenvalue weighted by Crippen LogP contribution is 2.39. The monoisotopic (exact) mass is 1030 g/mol. The molecule has 404 valence electrons. The second kappa shape index (κ2) is 26.1. The van der Waals surface area contributed by atoms with Gasteiger partial charge in [0.2, 0.25) is 17.7 Å². The summed E-state index contributed by atoms with van der Waals surface area (Å²) in [6.07, 6.45) is 2.33. The number of carbonyl (C=O) groups excluding carboxylic acids is 4. The number of benzene rings is 2. The molecule has 4 aromatic rings. The molecular weight excluding hydrogens is 953 g/mol. The average molecular weight is 1030 g/mol. The van der Waals surface area contributed by atoms with Gasteiger partial charge in [-0.1, -0.05) is 88.9 Å². The van der Waals surface area contributed by atoms with Crippen LogP contribution in [0.15, 0.2) is 73.1 Å². The number of likely N-dealkylation sites (tertiary alicyclic amines) is 1. The third-order valence-corrected chi connectivity index (χ3v) is 14.0. The largest absolute Gasteiger partial charge is 0.482 e. The molecule has 0 saturated carbocycles. The third-order valence-electron chi connectivity index (χ3n) is 14.0. The van der Waals surface area contributed by atoms with E-state index in [1.54, 1.807) is 51.8 Å². The maximum absolute atomic E-state index is 14.5. The predicted molar refractivity (Wildman–Crippen MR) is 290 cm³/mol. The number of rotatable bonds is 22. The summed E-state index contributed by atoms with van der Waals surface area (Å²) in [5, 5.41) is 18.1. The fraction of sp³-hybridized carbons (Fsp3) is 0.518. The Labute approximate surface area is 442 Å². The van der Waals surface area contributed by atoms with Gasteiger partial charge in [0.15, 0.2) is 11.6 Å². The number of aryl methyl sites for hydroxylation is 1. The number of carbonyl (C=O) groups is 4. The van der Waals surface area contributed by atoms with E-state index < -0.39 is 23.6 Å². The highest BCUT2D eigenvalue weighted by atomic mass is 16.5. The number of ether oxygens (including phenoxy) is 3. The van der Waals surface area contributed by atoms with E-state index in [2.05, 4.69) is 37.7 Å². The quantitative estimate of drug-likeness (QED) is 0.0456. The number of anilines is 1. The van der Waals surface area contributed by atoms with Crippen molar-refractivity contribution in [1.29, 1.82) is 0 Å². The Morgan fingerprint density at radius 1 is 1.07 bits per heavy atom. The molecule has 6 atom stereocenters. The smallest absolute Gasteiger partial charge is 0.260 e. The zero-order valence-electron chi connectivity index (χ0n) is 45.5. The normalized spacial score (nSPS) is 17.8. The first kappa shape index (κ1) is 57.4. The van der Waals surface area contributed by atoms with Gasteiger partial charge < -0.3 is 60.8 Å². The summed E-state index contributed by atoms with van der Waals surface area (Å²) < 4.78 is 19.5. The number of pyridine rings is 1. The standard InChI is InChI=1S/C56H78N12O7/c1-13-44(39-17-15-14-16-18-39)63-53(70)46-31-41(33-67(46)55(72)50(56(6,7)8)62-37(4)36(3)58-9)60-22-26-74-28-27-73-25-21-48(69)65(11)23-24-68-52(59-10)49-40-30-47(51(57)61-32-40)75-38(5)43-29-35(2)19-20-42(43)54(71)66(12)34-45(49)64-68/h14-20,29-30,32,36,38,41,44,46,50,58,60,62H,4,13,21-28,31,33-34H2,1-3,5-9,11-12H3,(H2,57,61)(H,63,70)/t36-,38+,41-,44+,46-,50+/m0/s1. The molecule has 1 saturated heterocycles. The van der Waals surface area contributed by atoms with Crippen molar-refractivity contribution < 1.29 is 33.4 Å². The first-order valence-corrected chi connectivity index (χ1v) is 25.9. The van der Waals surface area contributed by atoms with Gasteiger partial charge in [0.05, 0.1) is 52.0 Å². The molecule has 19 heteroatoms. The lowest BCUT2D eigenvalue weighted by Gasteiger charge is -2.37. The molecular formula is C56H78N12O7. The summed E-state index contributed by atoms with van der Waals surface area (Å²) in [6.45, 7) is 28.8. The molecule has 2 aromatic carbocycles. The van der Waals surface area contributed by atoms with Crippen LogP contribution in [0.2, 0.25) is 0 Å². The summed E-state index contributed by atoms with van der Waals surface area (Å²) in [6, 6.07) is 15.5. The van der Waals surface area contributed by atoms with Crippen molar-refractivity contribution in [3.8, 4) is 16.9 Å². The van der Waals surface area contributed by atoms with Crippen molar-refractivity contribution in [2.45, 2.75) is 117 Å². The van der Waals surface area contributed by atoms with Gasteiger partial charge in [-0.3, -0.25) is 19.2 Å². The highest BCUT2D eigenvalue weighted by molar-refractivity contribution is 5.96. The number of fused-ring (bicyclic) bond motifs is 5. The zero-order chi connectivity index (χ0) is 54.6. The molecule has 2 aliphatic rings. The fourth-order valence-electron chi connectivity index (χ4n) is 9.36. The SMILES string of the molecule is [C-]#[N+]c1c2c(nn1CCN(C)C(=O)CCOCCOCCN[C@H]1C[C@@H](C(=O)N[C@H](CC)c3ccccc3)N(C(=O)[C@@H](NC(=C)[C@H](C)NC)C(C)(C)C)C1)CN(C)C(=O)c1ccc(C)cc1[C@@H](C)Oc1cc-2cnc1N. The molecule has 4 amide bonds. The van der Waals surface area contributed by atoms with Crippen LogP contribution in [-0.4, -0.2) is 144 Å². The van der Waals surface area contributed by atoms with Gasteiger partial charge in [-0.05, 0) is 69.3 Å². The maximum atomic E-state index is 14.5. The molecule has 0 spiro atoms. The minimum atomic E-state index is -0.679. The number of hydrogen-bond donors (Lipinski definition) is 5. The van der Waals surface area contributed by atoms with Gasteiger partial charge in [0.1, 0.15) is 30.4 Å². The Morgan fingerprint density at radius 3 is 2.47 bits per heavy atom. The van der Waals surface area contributed by atoms with Crippen molar-refractivity contribution in [2.75, 3.05) is 72.9 Å². The number of aromatic nitrogens is 3. The lowest BCUT2D eigenvalue weighted by Crippen LogP contribution is -2.57. The van der Waals surface area contributed by atoms with E-state index in [1.165, 1.54) is 0 Å². The van der Waals surface area contributed by atoms with Gasteiger partial charge in [-0.2, -0.15) is 4.68 Å². The first-order valence-electron chi connectivity index (χ1n) is 25.9. The van der Waals surface area contributed by atoms with E-state index in [1.807, 2.05) is 98.0 Å². The van der Waals surface area contributed by atoms with E-state index in [0.29, 0.717) is 78.5 Å². The lowest BCUT2D eigenvalue weighted by atomic mass is 9.85. The molecule has 2 aliphatic heterocycles. The van der Waals surface area contributed by atoms with E-state index in [0.717, 1.165) is 11.1 Å². The molecule has 4 heterocycles. The second-order valence-corrected chi connectivity index (χ2v) is 20.6. The average Bonchev–Trinajstić information content (AvgIpc) is 3.98. The van der Waals surface area contributed by atoms with Crippen LogP contribution < -0.4 is 31.7 Å². The number of nitrogen functional groups attached to an aromatic ring is 1. The second-order valence-electron chi connectivity index (χ2n) is 20.6. The summed E-state index contributed by atoms with van der Waals surface area (Å²) in [5.74, 6) is 0.0276. The Morgan fingerprint density at radius 2 is 1.79 bits per heavy atom. The fourth-order valence-corrected chi connectivity index (χ4v) is 9.36. The highest BCUT2D eigenvalue weighted by Gasteiger charge is 2.45. The minimum Gasteiger partial charge on any atom is -0.482 e. The predicted octanol–water partition coefficient (Wildman–Crippen LogP) is 5.95. The summed E-state index contributed by atoms with van der Waals surface area (Å²) in [5.41, 5.74) is 11.3. The lowest BCUT2D eigenvalue weighted by molar-refractivity contribution is -0.142. The summed E-state index contributed by atoms with van der Waals surface area (Å²) in [7, 11) is 5.24. The third kappa shape index (κ3) is 14.5. The van der Waals surface area contributed by atoms with Gasteiger partial charge in [0, 0.05) is 67.9 Å². The van der Waals surface area contributed by atoms with E-state index in [-0.39, 0.29) is 92.7 Å². The molecule has 0 radical (unpaired) electrons. The summed E-state index contributed by atoms with van der Waals surface area (Å²) >= 11 is 0. The Balaban J connectivity index is 0.985. The molecule has 6 N–H and O–H groups in total. The van der Waals surface area contributed by atoms with Crippen molar-refractivity contribution >= 4 is 35.3 Å². The van der Waals surface area contributed by atoms with Gasteiger partial charge in [0.25, 0.3) is 11.7 Å². The van der Waals surface area contributed by atoms with Crippen LogP contribution in [0.25, 0.3) is 16.0 Å². The Kier molecular flexibility index (Phi) is 20.0. The number of nitrogens with zero attached hydrogens (tertiary/aromatic N) is 7. The number of hydrogen-bond acceptors (Lipinski definition) is 13. The molecule has 2 aromatic heterocycles. The van der Waals surface area contributed by atoms with Gasteiger partial charge in [-0.15, -0.1) is 5.10 Å². The number of amides is 4. The molecule has 0 aliphatic carbocycles. The maximum Gasteiger partial charge on any atom is 0.260 e. The molecule has 75 heavy (non-hydrogen) atoms. The van der Waals surface area contributed by atoms with Crippen LogP contribution >= 0.6 is 0 Å². The number of nitrogens with two attached hydrogens (primary N) is 1. The van der Waals surface area contributed by atoms with Gasteiger partial charge >= 0.3 is 0 Å². The van der Waals surface area contributed by atoms with Crippen LogP contribution in [-0.2, 0) is 36.9 Å². The number of likely N-dealkylation sites (N-methyl/N-ethyl adjacent to an activating group) is 2. The molecule has 1 fully saturated rings. The topological polar surface area (TPSA) is 215 Å². The van der Waals surface area contributed by atoms with E-state index >= 15 is 0 Å². The van der Waals surface area contributed by atoms with Crippen molar-refractivity contribution in [1.82, 2.24) is 50.7 Å². The van der Waals surface area contributed by atoms with Crippen LogP contribution in [0.4, 0.5) is 11.6 Å². The van der Waals surface area contributed by atoms with Crippen LogP contribution in [0, 0.1) is 18.9 Å². The van der Waals surface area contributed by atoms with Crippen LogP contribution in [0.3, 0.4) is 0 Å². The van der Waals surface area contributed by atoms with Crippen molar-refractivity contribution in [2.24, 2.45) is 5.41 Å². The Bertz CT molecular complexity index is 2680. The van der Waals surface area contributed by atoms with E-state index in [4.69, 9.17) is 31.6 Å². The Hall–Kier alpha value is -6.85. The van der Waals surface area contributed by atoms with Crippen molar-refractivity contribution in [3.63, 3.8) is 0 Å². The molecule has 19 nitrogen and oxygen atoms in total. The van der Waals surface area contributed by atoms with Crippen LogP contribution in [0.5, 0.6) is 5.75 Å². The van der Waals surface area contributed by atoms with Crippen LogP contribution in [0.1, 0.15) is 106 Å². The first-order chi connectivity index (χ1) is 35.7. The number of nitrogens with one attached hydrogen (secondary N) is 4. The molecule has 0 unspecified atom stereocenters. The van der Waals surface area contributed by atoms with Gasteiger partial charge in [-0.25, -0.2) is 4.98 Å². The minimum absolute atomic E-state index is 0.0712. The zero-order valence-corrected chi connectivity index (χ0v) is 45.5. The molecule has 2 bridgehead atoms. The van der Waals surface area contributed by atoms with Crippen molar-refractivity contribution in [3.05, 3.63) is 112 Å². The van der Waals surface area contributed by atoms with E-state index in [9.17, 15) is 19.2 Å².